The van der Waals surface area contributed by atoms with Crippen LogP contribution in [0.15, 0.2) is 54.6 Å². The monoisotopic (exact) mass is 470 g/mol. The summed E-state index contributed by atoms with van der Waals surface area (Å²) in [5.41, 5.74) is 3.37. The third kappa shape index (κ3) is 6.72. The van der Waals surface area contributed by atoms with Crippen LogP contribution in [0.4, 0.5) is 4.79 Å². The molecule has 0 aromatic heterocycles. The standard InChI is InChI=1S/C25H32N4O3.H2S/c30-23(19-27-14-11-20-7-4-5-10-22(20)18-27)17-26-25(32)29-13-6-12-28(15-16-29)24(31)21-8-2-1-3-9-21;/h1-5,7-10,23,30H,6,11-19H2,(H,26,32);1H2/t23-;/m0./s1. The molecule has 0 spiro atoms. The molecule has 7 nitrogen and oxygen atoms in total. The van der Waals surface area contributed by atoms with Crippen molar-refractivity contribution in [3.05, 3.63) is 71.3 Å². The molecule has 0 bridgehead atoms. The fraction of sp³-hybridized carbons (Fsp3) is 0.440. The quantitative estimate of drug-likeness (QED) is 0.702. The Bertz CT molecular complexity index is 927. The van der Waals surface area contributed by atoms with Gasteiger partial charge in [0, 0.05) is 57.9 Å². The van der Waals surface area contributed by atoms with Crippen molar-refractivity contribution < 1.29 is 14.7 Å². The molecule has 0 saturated carbocycles. The first-order chi connectivity index (χ1) is 15.6. The first-order valence-electron chi connectivity index (χ1n) is 11.4. The number of fused-ring (bicyclic) bond motifs is 1. The second-order valence-corrected chi connectivity index (χ2v) is 8.59. The summed E-state index contributed by atoms with van der Waals surface area (Å²) in [5.74, 6) is 0.00591. The zero-order chi connectivity index (χ0) is 22.3. The average molecular weight is 471 g/mol. The minimum absolute atomic E-state index is 0. The van der Waals surface area contributed by atoms with Crippen LogP contribution in [0, 0.1) is 0 Å². The number of rotatable bonds is 5. The summed E-state index contributed by atoms with van der Waals surface area (Å²) in [6, 6.07) is 17.5. The predicted octanol–water partition coefficient (Wildman–Crippen LogP) is 2.08. The van der Waals surface area contributed by atoms with E-state index in [1.165, 1.54) is 11.1 Å². The summed E-state index contributed by atoms with van der Waals surface area (Å²) in [6.07, 6.45) is 1.11. The van der Waals surface area contributed by atoms with Gasteiger partial charge in [-0.2, -0.15) is 13.5 Å². The third-order valence-electron chi connectivity index (χ3n) is 6.26. The molecule has 2 aromatic carbocycles. The van der Waals surface area contributed by atoms with Gasteiger partial charge < -0.3 is 20.2 Å². The summed E-state index contributed by atoms with van der Waals surface area (Å²) in [4.78, 5) is 31.1. The minimum atomic E-state index is -0.618. The molecule has 2 aromatic rings. The van der Waals surface area contributed by atoms with Gasteiger partial charge >= 0.3 is 6.03 Å². The molecular weight excluding hydrogens is 436 g/mol. The van der Waals surface area contributed by atoms with Gasteiger partial charge in [0.25, 0.3) is 5.91 Å². The van der Waals surface area contributed by atoms with E-state index in [4.69, 9.17) is 0 Å². The van der Waals surface area contributed by atoms with Gasteiger partial charge in [-0.3, -0.25) is 9.69 Å². The summed E-state index contributed by atoms with van der Waals surface area (Å²) in [5, 5.41) is 13.3. The van der Waals surface area contributed by atoms with Crippen LogP contribution in [0.25, 0.3) is 0 Å². The third-order valence-corrected chi connectivity index (χ3v) is 6.26. The number of benzene rings is 2. The molecule has 33 heavy (non-hydrogen) atoms. The van der Waals surface area contributed by atoms with E-state index < -0.39 is 6.10 Å². The highest BCUT2D eigenvalue weighted by molar-refractivity contribution is 7.59. The van der Waals surface area contributed by atoms with Crippen LogP contribution in [0.2, 0.25) is 0 Å². The largest absolute Gasteiger partial charge is 0.390 e. The number of aliphatic hydroxyl groups is 1. The van der Waals surface area contributed by atoms with Crippen molar-refractivity contribution in [2.24, 2.45) is 0 Å². The van der Waals surface area contributed by atoms with E-state index in [-0.39, 0.29) is 32.0 Å². The van der Waals surface area contributed by atoms with Crippen molar-refractivity contribution >= 4 is 25.4 Å². The normalized spacial score (nSPS) is 17.4. The Morgan fingerprint density at radius 1 is 0.879 bits per heavy atom. The molecule has 8 heteroatoms. The maximum absolute atomic E-state index is 12.7. The Balaban J connectivity index is 0.00000306. The smallest absolute Gasteiger partial charge is 0.317 e. The first kappa shape index (κ1) is 25.1. The van der Waals surface area contributed by atoms with Gasteiger partial charge in [-0.15, -0.1) is 0 Å². The Morgan fingerprint density at radius 2 is 1.55 bits per heavy atom. The Morgan fingerprint density at radius 3 is 2.33 bits per heavy atom. The summed E-state index contributed by atoms with van der Waals surface area (Å²) in [7, 11) is 0. The molecular formula is C25H34N4O3S. The molecule has 1 fully saturated rings. The molecule has 2 aliphatic heterocycles. The average Bonchev–Trinajstić information content (AvgIpc) is 3.09. The molecule has 0 aliphatic carbocycles. The molecule has 2 aliphatic rings. The highest BCUT2D eigenvalue weighted by atomic mass is 32.1. The van der Waals surface area contributed by atoms with E-state index >= 15 is 0 Å². The molecule has 1 saturated heterocycles. The molecule has 1 atom stereocenters. The van der Waals surface area contributed by atoms with Crippen molar-refractivity contribution in [3.63, 3.8) is 0 Å². The van der Waals surface area contributed by atoms with E-state index in [0.29, 0.717) is 38.3 Å². The molecule has 178 valence electrons. The zero-order valence-corrected chi connectivity index (χ0v) is 19.9. The van der Waals surface area contributed by atoms with Gasteiger partial charge in [0.05, 0.1) is 6.10 Å². The number of urea groups is 1. The number of nitrogens with one attached hydrogen (secondary N) is 1. The van der Waals surface area contributed by atoms with E-state index in [2.05, 4.69) is 34.5 Å². The highest BCUT2D eigenvalue weighted by Gasteiger charge is 2.24. The number of aliphatic hydroxyl groups excluding tert-OH is 1. The summed E-state index contributed by atoms with van der Waals surface area (Å²) < 4.78 is 0. The van der Waals surface area contributed by atoms with Crippen LogP contribution < -0.4 is 5.32 Å². The van der Waals surface area contributed by atoms with Crippen LogP contribution in [-0.4, -0.2) is 83.7 Å². The zero-order valence-electron chi connectivity index (χ0n) is 18.9. The molecule has 0 radical (unpaired) electrons. The van der Waals surface area contributed by atoms with Gasteiger partial charge in [-0.25, -0.2) is 4.79 Å². The summed E-state index contributed by atoms with van der Waals surface area (Å²) in [6.45, 7) is 4.74. The molecule has 2 N–H and O–H groups in total. The number of amides is 3. The number of carbonyl (C=O) groups excluding carboxylic acids is 2. The second kappa shape index (κ2) is 12.1. The number of hydrogen-bond acceptors (Lipinski definition) is 4. The van der Waals surface area contributed by atoms with Gasteiger partial charge in [0.15, 0.2) is 0 Å². The number of hydrogen-bond donors (Lipinski definition) is 2. The van der Waals surface area contributed by atoms with Crippen molar-refractivity contribution in [1.29, 1.82) is 0 Å². The Hall–Kier alpha value is -2.55. The van der Waals surface area contributed by atoms with E-state index in [9.17, 15) is 14.7 Å². The predicted molar refractivity (Wildman–Crippen MR) is 134 cm³/mol. The van der Waals surface area contributed by atoms with Crippen molar-refractivity contribution in [2.45, 2.75) is 25.5 Å². The van der Waals surface area contributed by atoms with Crippen LogP contribution in [0.5, 0.6) is 0 Å². The Kier molecular flexibility index (Phi) is 9.17. The van der Waals surface area contributed by atoms with Gasteiger partial charge in [-0.05, 0) is 36.1 Å². The Labute approximate surface area is 202 Å². The van der Waals surface area contributed by atoms with Crippen molar-refractivity contribution in [3.8, 4) is 0 Å². The second-order valence-electron chi connectivity index (χ2n) is 8.59. The van der Waals surface area contributed by atoms with Crippen LogP contribution in [0.3, 0.4) is 0 Å². The lowest BCUT2D eigenvalue weighted by Crippen LogP contribution is -2.47. The maximum atomic E-state index is 12.7. The first-order valence-corrected chi connectivity index (χ1v) is 11.4. The lowest BCUT2D eigenvalue weighted by molar-refractivity contribution is 0.0762. The van der Waals surface area contributed by atoms with Gasteiger partial charge in [-0.1, -0.05) is 42.5 Å². The number of nitrogens with zero attached hydrogens (tertiary/aromatic N) is 3. The minimum Gasteiger partial charge on any atom is -0.390 e. The molecule has 2 heterocycles. The highest BCUT2D eigenvalue weighted by Crippen LogP contribution is 2.18. The topological polar surface area (TPSA) is 76.1 Å². The van der Waals surface area contributed by atoms with Crippen LogP contribution in [0.1, 0.15) is 27.9 Å². The summed E-state index contributed by atoms with van der Waals surface area (Å²) >= 11 is 0. The molecule has 4 rings (SSSR count). The number of carbonyl (C=O) groups is 2. The van der Waals surface area contributed by atoms with E-state index in [1.807, 2.05) is 35.2 Å². The molecule has 3 amide bonds. The SMILES string of the molecule is O=C(NC[C@H](O)CN1CCc2ccccc2C1)N1CCCN(C(=O)c2ccccc2)CC1.S. The fourth-order valence-electron chi connectivity index (χ4n) is 4.48. The lowest BCUT2D eigenvalue weighted by Gasteiger charge is -2.30. The fourth-order valence-corrected chi connectivity index (χ4v) is 4.48. The van der Waals surface area contributed by atoms with Gasteiger partial charge in [0.2, 0.25) is 0 Å². The number of β-amino-alcohol motifs (C(OH)–C–C–N with tert-alkyl or cyclic N) is 1. The maximum Gasteiger partial charge on any atom is 0.317 e. The lowest BCUT2D eigenvalue weighted by atomic mass is 10.00. The van der Waals surface area contributed by atoms with Crippen molar-refractivity contribution in [1.82, 2.24) is 20.0 Å². The van der Waals surface area contributed by atoms with Crippen molar-refractivity contribution in [2.75, 3.05) is 45.8 Å². The van der Waals surface area contributed by atoms with Gasteiger partial charge in [0.1, 0.15) is 0 Å². The van der Waals surface area contributed by atoms with E-state index in [0.717, 1.165) is 25.9 Å². The molecule has 0 unspecified atom stereocenters. The van der Waals surface area contributed by atoms with Crippen LogP contribution in [-0.2, 0) is 13.0 Å². The van der Waals surface area contributed by atoms with E-state index in [1.54, 1.807) is 4.90 Å². The van der Waals surface area contributed by atoms with Crippen LogP contribution >= 0.6 is 13.5 Å².